The first-order valence-electron chi connectivity index (χ1n) is 9.18. The molecule has 8 heteroatoms. The molecule has 0 saturated carbocycles. The summed E-state index contributed by atoms with van der Waals surface area (Å²) in [5.41, 5.74) is 8.36. The van der Waals surface area contributed by atoms with E-state index in [1.54, 1.807) is 41.1 Å². The third-order valence-corrected chi connectivity index (χ3v) is 5.38. The Kier molecular flexibility index (Phi) is 4.80. The van der Waals surface area contributed by atoms with Crippen LogP contribution in [0.15, 0.2) is 60.9 Å². The van der Waals surface area contributed by atoms with Crippen LogP contribution in [-0.4, -0.2) is 19.6 Å². The number of nitrogens with zero attached hydrogens (tertiary/aromatic N) is 5. The molecule has 0 radical (unpaired) electrons. The molecule has 0 aliphatic carbocycles. The van der Waals surface area contributed by atoms with Crippen LogP contribution in [0.5, 0.6) is 0 Å². The van der Waals surface area contributed by atoms with E-state index in [-0.39, 0.29) is 0 Å². The molecule has 0 atom stereocenters. The van der Waals surface area contributed by atoms with Crippen LogP contribution in [0, 0.1) is 17.1 Å². The third-order valence-electron chi connectivity index (χ3n) is 5.13. The molecule has 2 aromatic heterocycles. The summed E-state index contributed by atoms with van der Waals surface area (Å²) in [6, 6.07) is 15.7. The van der Waals surface area contributed by atoms with Crippen molar-refractivity contribution in [3.05, 3.63) is 83.0 Å². The number of rotatable bonds is 4. The highest BCUT2D eigenvalue weighted by Crippen LogP contribution is 2.36. The van der Waals surface area contributed by atoms with Crippen LogP contribution < -0.4 is 5.73 Å². The zero-order valence-corrected chi connectivity index (χ0v) is 17.1. The Morgan fingerprint density at radius 1 is 1.10 bits per heavy atom. The van der Waals surface area contributed by atoms with Crippen molar-refractivity contribution < 1.29 is 4.39 Å². The van der Waals surface area contributed by atoms with Gasteiger partial charge in [-0.15, -0.1) is 5.10 Å². The number of nitriles is 1. The van der Waals surface area contributed by atoms with Gasteiger partial charge in [-0.1, -0.05) is 41.1 Å². The van der Waals surface area contributed by atoms with Gasteiger partial charge in [-0.05, 0) is 43.7 Å². The maximum atomic E-state index is 14.1. The first kappa shape index (κ1) is 19.7. The van der Waals surface area contributed by atoms with Crippen LogP contribution in [0.25, 0.3) is 16.8 Å². The van der Waals surface area contributed by atoms with Gasteiger partial charge in [-0.2, -0.15) is 5.26 Å². The van der Waals surface area contributed by atoms with Gasteiger partial charge in [-0.3, -0.25) is 0 Å². The predicted octanol–water partition coefficient (Wildman–Crippen LogP) is 4.77. The lowest BCUT2D eigenvalue weighted by atomic mass is 10.0. The Labute approximate surface area is 177 Å². The molecule has 0 saturated heterocycles. The van der Waals surface area contributed by atoms with Crippen molar-refractivity contribution in [2.24, 2.45) is 0 Å². The van der Waals surface area contributed by atoms with Gasteiger partial charge < -0.3 is 10.3 Å². The Balaban J connectivity index is 1.80. The Morgan fingerprint density at radius 2 is 1.80 bits per heavy atom. The molecule has 0 fully saturated rings. The number of anilines is 1. The van der Waals surface area contributed by atoms with Crippen LogP contribution >= 0.6 is 11.6 Å². The van der Waals surface area contributed by atoms with Crippen LogP contribution in [0.4, 0.5) is 10.2 Å². The molecule has 30 heavy (non-hydrogen) atoms. The number of para-hydroxylation sites is 1. The molecule has 150 valence electrons. The van der Waals surface area contributed by atoms with Gasteiger partial charge in [0, 0.05) is 16.8 Å². The van der Waals surface area contributed by atoms with Crippen LogP contribution in [-0.2, 0) is 5.54 Å². The first-order valence-corrected chi connectivity index (χ1v) is 9.56. The fraction of sp³-hybridized carbons (Fsp3) is 0.136. The summed E-state index contributed by atoms with van der Waals surface area (Å²) >= 11 is 5.99. The van der Waals surface area contributed by atoms with Gasteiger partial charge in [0.15, 0.2) is 0 Å². The van der Waals surface area contributed by atoms with Gasteiger partial charge in [-0.25, -0.2) is 9.07 Å². The SMILES string of the molecule is CC(C)(c1cn(-c2ccccc2F)nn1)n1cc(-c2ccc(Cl)cc2)c(C#N)c1N. The molecule has 4 aromatic rings. The smallest absolute Gasteiger partial charge is 0.148 e. The number of nitrogens with two attached hydrogens (primary N) is 1. The van der Waals surface area contributed by atoms with Gasteiger partial charge in [0.05, 0.1) is 11.7 Å². The Hall–Kier alpha value is -3.63. The minimum absolute atomic E-state index is 0.298. The molecule has 0 spiro atoms. The summed E-state index contributed by atoms with van der Waals surface area (Å²) in [5.74, 6) is -0.0862. The van der Waals surface area contributed by atoms with Crippen LogP contribution in [0.2, 0.25) is 5.02 Å². The van der Waals surface area contributed by atoms with E-state index in [0.29, 0.717) is 33.3 Å². The standard InChI is InChI=1S/C22H18ClFN6/c1-22(2,20-13-30(28-27-20)19-6-4-3-5-18(19)24)29-12-17(16(11-25)21(29)26)14-7-9-15(23)10-8-14/h3-10,12-13H,26H2,1-2H3. The highest BCUT2D eigenvalue weighted by atomic mass is 35.5. The fourth-order valence-corrected chi connectivity index (χ4v) is 3.50. The van der Waals surface area contributed by atoms with Gasteiger partial charge in [0.1, 0.15) is 34.6 Å². The van der Waals surface area contributed by atoms with E-state index in [1.165, 1.54) is 10.7 Å². The Bertz CT molecular complexity index is 1260. The van der Waals surface area contributed by atoms with E-state index in [4.69, 9.17) is 17.3 Å². The minimum atomic E-state index is -0.746. The third kappa shape index (κ3) is 3.21. The lowest BCUT2D eigenvalue weighted by Crippen LogP contribution is -2.29. The van der Waals surface area contributed by atoms with Crippen LogP contribution in [0.1, 0.15) is 25.1 Å². The number of hydrogen-bond acceptors (Lipinski definition) is 4. The summed E-state index contributed by atoms with van der Waals surface area (Å²) in [4.78, 5) is 0. The molecule has 2 heterocycles. The van der Waals surface area contributed by atoms with E-state index in [0.717, 1.165) is 5.56 Å². The molecule has 0 amide bonds. The van der Waals surface area contributed by atoms with E-state index in [2.05, 4.69) is 16.4 Å². The van der Waals surface area contributed by atoms with Crippen molar-refractivity contribution in [1.82, 2.24) is 19.6 Å². The number of nitrogen functional groups attached to an aromatic ring is 1. The van der Waals surface area contributed by atoms with Gasteiger partial charge in [0.2, 0.25) is 0 Å². The lowest BCUT2D eigenvalue weighted by Gasteiger charge is -2.25. The summed E-state index contributed by atoms with van der Waals surface area (Å²) < 4.78 is 17.3. The molecule has 0 aliphatic rings. The summed E-state index contributed by atoms with van der Waals surface area (Å²) in [6.45, 7) is 3.82. The summed E-state index contributed by atoms with van der Waals surface area (Å²) in [5, 5.41) is 18.6. The largest absolute Gasteiger partial charge is 0.384 e. The van der Waals surface area contributed by atoms with Crippen molar-refractivity contribution in [1.29, 1.82) is 5.26 Å². The van der Waals surface area contributed by atoms with Gasteiger partial charge in [0.25, 0.3) is 0 Å². The Morgan fingerprint density at radius 3 is 2.47 bits per heavy atom. The number of aromatic nitrogens is 4. The average Bonchev–Trinajstić information content (AvgIpc) is 3.34. The average molecular weight is 421 g/mol. The van der Waals surface area contributed by atoms with Crippen molar-refractivity contribution in [2.75, 3.05) is 5.73 Å². The number of halogens is 2. The molecular formula is C22H18ClFN6. The van der Waals surface area contributed by atoms with Crippen molar-refractivity contribution >= 4 is 17.4 Å². The number of benzene rings is 2. The van der Waals surface area contributed by atoms with Crippen molar-refractivity contribution in [3.8, 4) is 22.9 Å². The lowest BCUT2D eigenvalue weighted by molar-refractivity contribution is 0.430. The van der Waals surface area contributed by atoms with E-state index < -0.39 is 11.4 Å². The molecule has 2 aromatic carbocycles. The van der Waals surface area contributed by atoms with Gasteiger partial charge >= 0.3 is 0 Å². The summed E-state index contributed by atoms with van der Waals surface area (Å²) in [6.07, 6.45) is 3.48. The second kappa shape index (κ2) is 7.32. The maximum Gasteiger partial charge on any atom is 0.148 e. The highest BCUT2D eigenvalue weighted by molar-refractivity contribution is 6.30. The van der Waals surface area contributed by atoms with Crippen molar-refractivity contribution in [3.63, 3.8) is 0 Å². The molecule has 6 nitrogen and oxygen atoms in total. The second-order valence-corrected chi connectivity index (χ2v) is 7.79. The molecule has 0 bridgehead atoms. The minimum Gasteiger partial charge on any atom is -0.384 e. The van der Waals surface area contributed by atoms with E-state index in [9.17, 15) is 9.65 Å². The maximum absolute atomic E-state index is 14.1. The first-order chi connectivity index (χ1) is 14.3. The normalized spacial score (nSPS) is 11.4. The van der Waals surface area contributed by atoms with E-state index >= 15 is 0 Å². The molecule has 0 unspecified atom stereocenters. The quantitative estimate of drug-likeness (QED) is 0.515. The predicted molar refractivity (Wildman–Crippen MR) is 114 cm³/mol. The van der Waals surface area contributed by atoms with E-state index in [1.807, 2.05) is 32.2 Å². The zero-order valence-electron chi connectivity index (χ0n) is 16.3. The fourth-order valence-electron chi connectivity index (χ4n) is 3.37. The zero-order chi connectivity index (χ0) is 21.5. The highest BCUT2D eigenvalue weighted by Gasteiger charge is 2.31. The second-order valence-electron chi connectivity index (χ2n) is 7.35. The van der Waals surface area contributed by atoms with Crippen LogP contribution in [0.3, 0.4) is 0 Å². The molecular weight excluding hydrogens is 403 g/mol. The molecule has 0 aliphatic heterocycles. The summed E-state index contributed by atoms with van der Waals surface area (Å²) in [7, 11) is 0. The molecule has 4 rings (SSSR count). The number of hydrogen-bond donors (Lipinski definition) is 1. The topological polar surface area (TPSA) is 85.5 Å². The van der Waals surface area contributed by atoms with Crippen molar-refractivity contribution in [2.45, 2.75) is 19.4 Å². The molecule has 2 N–H and O–H groups in total. The monoisotopic (exact) mass is 420 g/mol.